The van der Waals surface area contributed by atoms with Crippen LogP contribution in [-0.2, 0) is 0 Å². The van der Waals surface area contributed by atoms with E-state index < -0.39 is 0 Å². The lowest BCUT2D eigenvalue weighted by atomic mass is 9.72. The first kappa shape index (κ1) is 30.2. The van der Waals surface area contributed by atoms with E-state index >= 15 is 0 Å². The Balaban J connectivity index is 3.62. The van der Waals surface area contributed by atoms with E-state index in [1.165, 1.54) is 96.3 Å². The summed E-state index contributed by atoms with van der Waals surface area (Å²) in [5, 5.41) is 27.9. The Kier molecular flexibility index (Phi) is 24.0. The van der Waals surface area contributed by atoms with Gasteiger partial charge in [-0.25, -0.2) is 0 Å². The van der Waals surface area contributed by atoms with E-state index in [9.17, 15) is 15.3 Å². The van der Waals surface area contributed by atoms with Gasteiger partial charge in [-0.05, 0) is 50.4 Å². The quantitative estimate of drug-likeness (QED) is 0.101. The molecule has 0 heterocycles. The fourth-order valence-electron chi connectivity index (χ4n) is 4.79. The lowest BCUT2D eigenvalue weighted by Gasteiger charge is -2.34. The lowest BCUT2D eigenvalue weighted by Crippen LogP contribution is -2.24. The van der Waals surface area contributed by atoms with Gasteiger partial charge in [0.05, 0.1) is 0 Å². The topological polar surface area (TPSA) is 60.7 Å². The summed E-state index contributed by atoms with van der Waals surface area (Å²) in [6.45, 7) is 0.659. The van der Waals surface area contributed by atoms with Gasteiger partial charge >= 0.3 is 0 Å². The number of hydrogen-bond acceptors (Lipinski definition) is 3. The van der Waals surface area contributed by atoms with E-state index in [2.05, 4.69) is 0 Å². The maximum atomic E-state index is 9.51. The van der Waals surface area contributed by atoms with Gasteiger partial charge in [0.2, 0.25) is 0 Å². The molecule has 0 aromatic carbocycles. The van der Waals surface area contributed by atoms with Crippen molar-refractivity contribution in [3.8, 4) is 0 Å². The monoisotopic (exact) mass is 448 g/mol. The molecule has 0 bridgehead atoms. The molecule has 0 amide bonds. The summed E-state index contributed by atoms with van der Waals surface area (Å²) in [4.78, 5) is 0. The molecule has 182 valence electrons. The number of hydrogen-bond donors (Lipinski definition) is 3. The number of halogens is 1. The standard InChI is InChI=1S/C26H53ClO3/c27-22-15-13-11-9-7-5-3-1-2-4-6-8-10-12-14-18-26(21-25-30,19-16-23-28)20-17-24-29/h28-30H,1-25H2. The molecule has 0 radical (unpaired) electrons. The van der Waals surface area contributed by atoms with Gasteiger partial charge in [0.1, 0.15) is 0 Å². The van der Waals surface area contributed by atoms with Crippen molar-refractivity contribution in [2.75, 3.05) is 25.7 Å². The van der Waals surface area contributed by atoms with Gasteiger partial charge in [-0.3, -0.25) is 0 Å². The molecule has 0 saturated carbocycles. The van der Waals surface area contributed by atoms with E-state index in [1.54, 1.807) is 0 Å². The highest BCUT2D eigenvalue weighted by atomic mass is 35.5. The molecule has 4 heteroatoms. The van der Waals surface area contributed by atoms with E-state index in [0.29, 0.717) is 0 Å². The van der Waals surface area contributed by atoms with Gasteiger partial charge in [0, 0.05) is 25.7 Å². The maximum Gasteiger partial charge on any atom is 0.0436 e. The van der Waals surface area contributed by atoms with Crippen LogP contribution in [0.5, 0.6) is 0 Å². The molecular formula is C26H53ClO3. The van der Waals surface area contributed by atoms with E-state index in [1.807, 2.05) is 0 Å². The lowest BCUT2D eigenvalue weighted by molar-refractivity contribution is 0.116. The third-order valence-corrected chi connectivity index (χ3v) is 6.98. The zero-order valence-electron chi connectivity index (χ0n) is 19.9. The Hall–Kier alpha value is 0.170. The normalized spacial score (nSPS) is 12.0. The minimum Gasteiger partial charge on any atom is -0.396 e. The van der Waals surface area contributed by atoms with Gasteiger partial charge in [0.25, 0.3) is 0 Å². The summed E-state index contributed by atoms with van der Waals surface area (Å²) in [6.07, 6.45) is 25.6. The smallest absolute Gasteiger partial charge is 0.0436 e. The summed E-state index contributed by atoms with van der Waals surface area (Å²) in [6, 6.07) is 0. The van der Waals surface area contributed by atoms with Crippen molar-refractivity contribution in [1.82, 2.24) is 0 Å². The van der Waals surface area contributed by atoms with Crippen LogP contribution in [0.4, 0.5) is 0 Å². The van der Waals surface area contributed by atoms with Crippen molar-refractivity contribution in [3.05, 3.63) is 0 Å². The molecule has 0 aromatic rings. The number of aliphatic hydroxyl groups is 3. The Labute approximate surface area is 193 Å². The van der Waals surface area contributed by atoms with Crippen LogP contribution in [0, 0.1) is 5.41 Å². The predicted octanol–water partition coefficient (Wildman–Crippen LogP) is 7.38. The van der Waals surface area contributed by atoms with E-state index in [0.717, 1.165) is 44.4 Å². The molecule has 0 unspecified atom stereocenters. The van der Waals surface area contributed by atoms with Crippen molar-refractivity contribution >= 4 is 11.6 Å². The first-order valence-corrected chi connectivity index (χ1v) is 13.7. The zero-order chi connectivity index (χ0) is 22.2. The average molecular weight is 449 g/mol. The van der Waals surface area contributed by atoms with Crippen LogP contribution in [0.2, 0.25) is 0 Å². The zero-order valence-corrected chi connectivity index (χ0v) is 20.7. The summed E-state index contributed by atoms with van der Waals surface area (Å²) in [5.74, 6) is 0.819. The largest absolute Gasteiger partial charge is 0.396 e. The van der Waals surface area contributed by atoms with Crippen molar-refractivity contribution in [3.63, 3.8) is 0 Å². The molecule has 0 rings (SSSR count). The first-order valence-electron chi connectivity index (χ1n) is 13.1. The second kappa shape index (κ2) is 23.8. The molecule has 0 aliphatic rings. The third kappa shape index (κ3) is 18.9. The highest BCUT2D eigenvalue weighted by molar-refractivity contribution is 6.17. The molecule has 0 aromatic heterocycles. The van der Waals surface area contributed by atoms with Crippen LogP contribution in [0.3, 0.4) is 0 Å². The number of unbranched alkanes of at least 4 members (excludes halogenated alkanes) is 14. The highest BCUT2D eigenvalue weighted by Gasteiger charge is 2.27. The third-order valence-electron chi connectivity index (χ3n) is 6.71. The maximum absolute atomic E-state index is 9.51. The Morgan fingerprint density at radius 1 is 0.367 bits per heavy atom. The van der Waals surface area contributed by atoms with Crippen LogP contribution in [-0.4, -0.2) is 41.0 Å². The summed E-state index contributed by atoms with van der Waals surface area (Å²) < 4.78 is 0. The van der Waals surface area contributed by atoms with E-state index in [-0.39, 0.29) is 25.2 Å². The van der Waals surface area contributed by atoms with Crippen molar-refractivity contribution in [2.24, 2.45) is 5.41 Å². The van der Waals surface area contributed by atoms with Crippen LogP contribution in [0.15, 0.2) is 0 Å². The van der Waals surface area contributed by atoms with Crippen LogP contribution in [0.1, 0.15) is 135 Å². The summed E-state index contributed by atoms with van der Waals surface area (Å²) >= 11 is 5.70. The SMILES string of the molecule is OCCCC(CCO)(CCCO)CCCCCCCCCCCCCCCCCCl. The fourth-order valence-corrected chi connectivity index (χ4v) is 4.98. The van der Waals surface area contributed by atoms with Crippen LogP contribution >= 0.6 is 11.6 Å². The van der Waals surface area contributed by atoms with Crippen molar-refractivity contribution in [1.29, 1.82) is 0 Å². The molecule has 0 atom stereocenters. The minimum absolute atomic E-state index is 0.115. The predicted molar refractivity (Wildman–Crippen MR) is 131 cm³/mol. The molecule has 3 nitrogen and oxygen atoms in total. The van der Waals surface area contributed by atoms with Gasteiger partial charge in [-0.15, -0.1) is 11.6 Å². The molecule has 3 N–H and O–H groups in total. The van der Waals surface area contributed by atoms with Gasteiger partial charge in [0.15, 0.2) is 0 Å². The summed E-state index contributed by atoms with van der Waals surface area (Å²) in [5.41, 5.74) is 0.115. The van der Waals surface area contributed by atoms with Gasteiger partial charge in [-0.2, -0.15) is 0 Å². The number of alkyl halides is 1. The minimum atomic E-state index is 0.115. The average Bonchev–Trinajstić information content (AvgIpc) is 2.76. The molecule has 0 aliphatic heterocycles. The highest BCUT2D eigenvalue weighted by Crippen LogP contribution is 2.39. The molecule has 0 aliphatic carbocycles. The Bertz CT molecular complexity index is 317. The Morgan fingerprint density at radius 2 is 0.700 bits per heavy atom. The summed E-state index contributed by atoms with van der Waals surface area (Å²) in [7, 11) is 0. The second-order valence-electron chi connectivity index (χ2n) is 9.37. The molecular weight excluding hydrogens is 396 g/mol. The Morgan fingerprint density at radius 3 is 1.03 bits per heavy atom. The first-order chi connectivity index (χ1) is 14.7. The number of aliphatic hydroxyl groups excluding tert-OH is 3. The van der Waals surface area contributed by atoms with Crippen LogP contribution in [0.25, 0.3) is 0 Å². The van der Waals surface area contributed by atoms with Crippen LogP contribution < -0.4 is 0 Å². The molecule has 0 fully saturated rings. The van der Waals surface area contributed by atoms with Crippen molar-refractivity contribution < 1.29 is 15.3 Å². The molecule has 30 heavy (non-hydrogen) atoms. The van der Waals surface area contributed by atoms with Gasteiger partial charge < -0.3 is 15.3 Å². The van der Waals surface area contributed by atoms with Crippen molar-refractivity contribution in [2.45, 2.75) is 135 Å². The molecule has 0 saturated heterocycles. The van der Waals surface area contributed by atoms with Gasteiger partial charge in [-0.1, -0.05) is 89.9 Å². The van der Waals surface area contributed by atoms with E-state index in [4.69, 9.17) is 11.6 Å². The number of rotatable bonds is 25. The fraction of sp³-hybridized carbons (Fsp3) is 1.00. The second-order valence-corrected chi connectivity index (χ2v) is 9.75. The molecule has 0 spiro atoms.